The molecule has 1 heterocycles. The van der Waals surface area contributed by atoms with Crippen molar-refractivity contribution in [3.8, 4) is 0 Å². The maximum absolute atomic E-state index is 9.25. The van der Waals surface area contributed by atoms with Gasteiger partial charge >= 0.3 is 51.4 Å². The van der Waals surface area contributed by atoms with Gasteiger partial charge in [-0.1, -0.05) is 12.6 Å². The third-order valence-electron chi connectivity index (χ3n) is 2.20. The molecule has 4 atom stereocenters. The van der Waals surface area contributed by atoms with Gasteiger partial charge in [0, 0.05) is 0 Å². The molecule has 0 saturated carbocycles. The fourth-order valence-electron chi connectivity index (χ4n) is 1.27. The first-order valence-electron chi connectivity index (χ1n) is 5.16. The third-order valence-corrected chi connectivity index (χ3v) is 2.44. The smallest absolute Gasteiger partial charge is 1.00 e. The van der Waals surface area contributed by atoms with Crippen LogP contribution in [0.1, 0.15) is 8.35 Å². The Labute approximate surface area is 166 Å². The number of thiol groups is 1. The van der Waals surface area contributed by atoms with Gasteiger partial charge in [0.25, 0.3) is 0 Å². The van der Waals surface area contributed by atoms with E-state index in [1.54, 1.807) is 0 Å². The molecular formula is C9H19KO7S2. The van der Waals surface area contributed by atoms with Gasteiger partial charge in [0.1, 0.15) is 18.3 Å². The second kappa shape index (κ2) is 11.2. The van der Waals surface area contributed by atoms with E-state index < -0.39 is 37.3 Å². The summed E-state index contributed by atoms with van der Waals surface area (Å²) >= 11 is 8.12. The predicted octanol–water partition coefficient (Wildman–Crippen LogP) is -4.87. The number of rotatable bonds is 3. The molecule has 1 saturated heterocycles. The Balaban J connectivity index is -0.000000316. The third kappa shape index (κ3) is 7.45. The molecular weight excluding hydrogens is 323 g/mol. The SMILES string of the molecule is CCOC(=S)S.OC[C@H]1O[C@](O)(CO)[C@@H](O)[C@@H]1O.[H-].[K+]. The summed E-state index contributed by atoms with van der Waals surface area (Å²) in [6, 6.07) is 0. The van der Waals surface area contributed by atoms with Crippen LogP contribution in [-0.4, -0.2) is 73.8 Å². The van der Waals surface area contributed by atoms with Gasteiger partial charge in [-0.2, -0.15) is 0 Å². The van der Waals surface area contributed by atoms with E-state index >= 15 is 0 Å². The van der Waals surface area contributed by atoms with Crippen molar-refractivity contribution in [3.63, 3.8) is 0 Å². The molecule has 0 aliphatic carbocycles. The monoisotopic (exact) mass is 342 g/mol. The standard InChI is InChI=1S/C6H12O6.C3H6OS2.K.H/c7-1-3-4(9)5(10)6(11,2-8)12-3;1-2-4-3(5)6;;/h3-5,7-11H,1-2H2;2H2,1H3,(H,5,6);;/q;;+1;-1/t3-,4-,5+,6-;;;/m1.../s1. The first-order chi connectivity index (χ1) is 8.32. The van der Waals surface area contributed by atoms with Gasteiger partial charge in [-0.15, -0.1) is 0 Å². The van der Waals surface area contributed by atoms with Gasteiger partial charge in [0.2, 0.25) is 10.2 Å². The first-order valence-corrected chi connectivity index (χ1v) is 6.01. The van der Waals surface area contributed by atoms with E-state index in [1.165, 1.54) is 0 Å². The van der Waals surface area contributed by atoms with E-state index in [0.717, 1.165) is 0 Å². The Hall–Kier alpha value is 1.64. The molecule has 5 N–H and O–H groups in total. The van der Waals surface area contributed by atoms with E-state index in [0.29, 0.717) is 11.0 Å². The van der Waals surface area contributed by atoms with Crippen molar-refractivity contribution in [1.29, 1.82) is 0 Å². The van der Waals surface area contributed by atoms with E-state index in [1.807, 2.05) is 6.92 Å². The molecule has 0 radical (unpaired) electrons. The zero-order valence-electron chi connectivity index (χ0n) is 11.8. The van der Waals surface area contributed by atoms with Crippen LogP contribution in [0.2, 0.25) is 0 Å². The Kier molecular flexibility index (Phi) is 13.5. The van der Waals surface area contributed by atoms with E-state index in [9.17, 15) is 5.11 Å². The van der Waals surface area contributed by atoms with Crippen LogP contribution < -0.4 is 51.4 Å². The van der Waals surface area contributed by atoms with Crippen molar-refractivity contribution in [1.82, 2.24) is 0 Å². The summed E-state index contributed by atoms with van der Waals surface area (Å²) in [6.07, 6.45) is -4.04. The maximum Gasteiger partial charge on any atom is 1.00 e. The molecule has 1 aliphatic rings. The predicted molar refractivity (Wildman–Crippen MR) is 70.3 cm³/mol. The van der Waals surface area contributed by atoms with Crippen molar-refractivity contribution in [2.45, 2.75) is 31.0 Å². The molecule has 0 spiro atoms. The summed E-state index contributed by atoms with van der Waals surface area (Å²) in [6.45, 7) is 1.12. The van der Waals surface area contributed by atoms with Crippen LogP contribution in [0.5, 0.6) is 0 Å². The normalized spacial score (nSPS) is 32.9. The average molecular weight is 342 g/mol. The number of hydrogen-bond donors (Lipinski definition) is 6. The molecule has 0 aromatic heterocycles. The van der Waals surface area contributed by atoms with Crippen molar-refractivity contribution in [2.24, 2.45) is 0 Å². The Bertz CT molecular complexity index is 277. The summed E-state index contributed by atoms with van der Waals surface area (Å²) < 4.78 is 9.58. The summed E-state index contributed by atoms with van der Waals surface area (Å²) in [5.74, 6) is -2.16. The molecule has 19 heavy (non-hydrogen) atoms. The van der Waals surface area contributed by atoms with Gasteiger partial charge in [-0.3, -0.25) is 0 Å². The molecule has 0 amide bonds. The number of aliphatic hydroxyl groups excluding tert-OH is 4. The fraction of sp³-hybridized carbons (Fsp3) is 0.889. The summed E-state index contributed by atoms with van der Waals surface area (Å²) in [5, 5.41) is 44.7. The quantitative estimate of drug-likeness (QED) is 0.172. The Morgan fingerprint density at radius 1 is 1.47 bits per heavy atom. The maximum atomic E-state index is 9.25. The minimum Gasteiger partial charge on any atom is -1.00 e. The van der Waals surface area contributed by atoms with Crippen LogP contribution in [0.25, 0.3) is 0 Å². The Morgan fingerprint density at radius 2 is 2.00 bits per heavy atom. The number of hydrogen-bond acceptors (Lipinski definition) is 8. The second-order valence-electron chi connectivity index (χ2n) is 3.48. The summed E-state index contributed by atoms with van der Waals surface area (Å²) in [7, 11) is 0. The van der Waals surface area contributed by atoms with Crippen LogP contribution in [-0.2, 0) is 9.47 Å². The van der Waals surface area contributed by atoms with Gasteiger partial charge in [-0.25, -0.2) is 0 Å². The van der Waals surface area contributed by atoms with E-state index in [2.05, 4.69) is 34.3 Å². The van der Waals surface area contributed by atoms with Crippen molar-refractivity contribution >= 4 is 29.2 Å². The van der Waals surface area contributed by atoms with Gasteiger partial charge in [0.15, 0.2) is 0 Å². The first kappa shape index (κ1) is 22.9. The molecule has 0 unspecified atom stereocenters. The number of thiocarbonyl (C=S) groups is 1. The summed E-state index contributed by atoms with van der Waals surface area (Å²) in [4.78, 5) is 0. The number of ether oxygens (including phenoxy) is 2. The molecule has 0 aromatic carbocycles. The Morgan fingerprint density at radius 3 is 2.16 bits per heavy atom. The summed E-state index contributed by atoms with van der Waals surface area (Å²) in [5.41, 5.74) is 0. The molecule has 7 nitrogen and oxygen atoms in total. The molecule has 0 bridgehead atoms. The second-order valence-corrected chi connectivity index (χ2v) is 4.56. The number of aliphatic hydroxyl groups is 5. The minimum atomic E-state index is -2.16. The van der Waals surface area contributed by atoms with Crippen molar-refractivity contribution < 1.29 is 87.8 Å². The average Bonchev–Trinajstić information content (AvgIpc) is 2.55. The molecule has 110 valence electrons. The minimum absolute atomic E-state index is 0. The molecule has 10 heteroatoms. The van der Waals surface area contributed by atoms with Crippen molar-refractivity contribution in [3.05, 3.63) is 0 Å². The zero-order valence-corrected chi connectivity index (χ0v) is 15.6. The zero-order chi connectivity index (χ0) is 14.3. The van der Waals surface area contributed by atoms with Gasteiger partial charge in [0.05, 0.1) is 19.8 Å². The van der Waals surface area contributed by atoms with E-state index in [4.69, 9.17) is 20.4 Å². The van der Waals surface area contributed by atoms with Crippen molar-refractivity contribution in [2.75, 3.05) is 19.8 Å². The van der Waals surface area contributed by atoms with Gasteiger partial charge < -0.3 is 36.4 Å². The van der Waals surface area contributed by atoms with Crippen LogP contribution in [0.15, 0.2) is 0 Å². The molecule has 0 aromatic rings. The van der Waals surface area contributed by atoms with Gasteiger partial charge in [-0.05, 0) is 19.1 Å². The topological polar surface area (TPSA) is 120 Å². The largest absolute Gasteiger partial charge is 1.00 e. The van der Waals surface area contributed by atoms with Crippen LogP contribution in [0.4, 0.5) is 0 Å². The van der Waals surface area contributed by atoms with Crippen LogP contribution >= 0.6 is 24.8 Å². The molecule has 1 aliphatic heterocycles. The molecule has 1 rings (SSSR count). The fourth-order valence-corrected chi connectivity index (χ4v) is 1.52. The van der Waals surface area contributed by atoms with Crippen LogP contribution in [0, 0.1) is 0 Å². The van der Waals surface area contributed by atoms with Crippen LogP contribution in [0.3, 0.4) is 0 Å². The molecule has 1 fully saturated rings. The van der Waals surface area contributed by atoms with E-state index in [-0.39, 0.29) is 52.8 Å².